The van der Waals surface area contributed by atoms with E-state index in [0.29, 0.717) is 6.42 Å². The molecular weight excluding hydrogens is 528 g/mol. The predicted molar refractivity (Wildman–Crippen MR) is 169 cm³/mol. The lowest BCUT2D eigenvalue weighted by Crippen LogP contribution is -2.05. The zero-order valence-corrected chi connectivity index (χ0v) is 25.7. The number of benzene rings is 4. The van der Waals surface area contributed by atoms with Gasteiger partial charge in [-0.25, -0.2) is 0 Å². The number of methoxy groups -OCH3 is 6. The smallest absolute Gasteiger partial charge is 0.127 e. The van der Waals surface area contributed by atoms with Gasteiger partial charge >= 0.3 is 0 Å². The highest BCUT2D eigenvalue weighted by molar-refractivity contribution is 6.03. The zero-order valence-electron chi connectivity index (χ0n) is 25.7. The van der Waals surface area contributed by atoms with Crippen molar-refractivity contribution in [3.63, 3.8) is 0 Å². The Balaban J connectivity index is 0.00000198. The minimum absolute atomic E-state index is 0.151. The first-order valence-corrected chi connectivity index (χ1v) is 14.0. The second-order valence-electron chi connectivity index (χ2n) is 9.52. The van der Waals surface area contributed by atoms with Crippen LogP contribution < -0.4 is 28.4 Å². The molecule has 0 fully saturated rings. The molecule has 42 heavy (non-hydrogen) atoms. The maximum Gasteiger partial charge on any atom is 0.127 e. The number of fused-ring (bicyclic) bond motifs is 1. The molecule has 0 spiro atoms. The van der Waals surface area contributed by atoms with Crippen LogP contribution in [0.3, 0.4) is 0 Å². The van der Waals surface area contributed by atoms with Crippen LogP contribution in [0.1, 0.15) is 47.6 Å². The van der Waals surface area contributed by atoms with E-state index in [1.54, 1.807) is 42.7 Å². The van der Waals surface area contributed by atoms with E-state index < -0.39 is 0 Å². The summed E-state index contributed by atoms with van der Waals surface area (Å²) in [5.41, 5.74) is 7.82. The first kappa shape index (κ1) is 30.4. The molecule has 0 saturated heterocycles. The van der Waals surface area contributed by atoms with Crippen molar-refractivity contribution in [2.24, 2.45) is 0 Å². The Morgan fingerprint density at radius 2 is 1.02 bits per heavy atom. The molecule has 1 aliphatic carbocycles. The van der Waals surface area contributed by atoms with Crippen molar-refractivity contribution in [1.82, 2.24) is 0 Å². The third-order valence-corrected chi connectivity index (χ3v) is 7.45. The van der Waals surface area contributed by atoms with Crippen molar-refractivity contribution >= 4 is 11.1 Å². The highest BCUT2D eigenvalue weighted by Crippen LogP contribution is 2.56. The van der Waals surface area contributed by atoms with Crippen LogP contribution in [0.5, 0.6) is 34.5 Å². The van der Waals surface area contributed by atoms with Crippen LogP contribution in [0.25, 0.3) is 11.1 Å². The van der Waals surface area contributed by atoms with Crippen LogP contribution in [0.15, 0.2) is 78.9 Å². The largest absolute Gasteiger partial charge is 0.497 e. The Morgan fingerprint density at radius 3 is 1.52 bits per heavy atom. The minimum Gasteiger partial charge on any atom is -0.497 e. The van der Waals surface area contributed by atoms with E-state index in [1.165, 1.54) is 16.7 Å². The second kappa shape index (κ2) is 13.9. The average molecular weight is 569 g/mol. The molecule has 0 N–H and O–H groups in total. The summed E-state index contributed by atoms with van der Waals surface area (Å²) in [4.78, 5) is 0. The lowest BCUT2D eigenvalue weighted by molar-refractivity contribution is 0.389. The molecule has 0 heterocycles. The SMILES string of the molecule is CC.COc1ccc(CC2=C(c3ccc(OC)cc3)[C@@H](c3cc(OC)cc(OC)c3)c3c(OC)cc(OC)cc32)cc1. The van der Waals surface area contributed by atoms with Crippen molar-refractivity contribution in [2.45, 2.75) is 26.2 Å². The first-order valence-electron chi connectivity index (χ1n) is 14.0. The molecule has 0 saturated carbocycles. The highest BCUT2D eigenvalue weighted by atomic mass is 16.5. The number of hydrogen-bond donors (Lipinski definition) is 0. The molecule has 0 unspecified atom stereocenters. The maximum atomic E-state index is 6.01. The Bertz CT molecular complexity index is 1500. The molecule has 6 heteroatoms. The molecule has 1 aliphatic rings. The Hall–Kier alpha value is -4.58. The van der Waals surface area contributed by atoms with E-state index in [0.717, 1.165) is 56.8 Å². The van der Waals surface area contributed by atoms with Gasteiger partial charge in [-0.15, -0.1) is 0 Å². The van der Waals surface area contributed by atoms with Crippen LogP contribution in [0.2, 0.25) is 0 Å². The van der Waals surface area contributed by atoms with Crippen LogP contribution >= 0.6 is 0 Å². The third kappa shape index (κ3) is 6.03. The average Bonchev–Trinajstić information content (AvgIpc) is 3.38. The fourth-order valence-corrected chi connectivity index (χ4v) is 5.48. The Labute approximate surface area is 249 Å². The summed E-state index contributed by atoms with van der Waals surface area (Å²) in [6.45, 7) is 4.00. The van der Waals surface area contributed by atoms with Gasteiger partial charge in [0.1, 0.15) is 34.5 Å². The number of ether oxygens (including phenoxy) is 6. The molecule has 0 radical (unpaired) electrons. The van der Waals surface area contributed by atoms with Gasteiger partial charge in [0, 0.05) is 23.6 Å². The summed E-state index contributed by atoms with van der Waals surface area (Å²) in [6.07, 6.45) is 0.701. The first-order chi connectivity index (χ1) is 20.5. The van der Waals surface area contributed by atoms with E-state index in [9.17, 15) is 0 Å². The Morgan fingerprint density at radius 1 is 0.524 bits per heavy atom. The molecule has 4 aromatic carbocycles. The fraction of sp³-hybridized carbons (Fsp3) is 0.278. The Kier molecular flexibility index (Phi) is 10.0. The van der Waals surface area contributed by atoms with Gasteiger partial charge in [0.25, 0.3) is 0 Å². The van der Waals surface area contributed by atoms with E-state index in [4.69, 9.17) is 28.4 Å². The molecule has 4 aromatic rings. The molecule has 0 aliphatic heterocycles. The van der Waals surface area contributed by atoms with Gasteiger partial charge in [-0.1, -0.05) is 38.1 Å². The van der Waals surface area contributed by atoms with Crippen molar-refractivity contribution < 1.29 is 28.4 Å². The zero-order chi connectivity index (χ0) is 30.2. The molecular formula is C36H40O6. The summed E-state index contributed by atoms with van der Waals surface area (Å²) in [7, 11) is 10.1. The standard InChI is InChI=1S/C34H34O6.C2H6/c1-35-24-11-7-21(8-12-24)15-29-30-19-28(39-5)20-31(40-6)34(30)33(23-16-26(37-3)18-27(17-23)38-4)32(29)22-9-13-25(36-2)14-10-22;1-2/h7-14,16-20,33H,15H2,1-6H3;1-2H3/t33-;/m1./s1. The molecule has 220 valence electrons. The molecule has 6 nitrogen and oxygen atoms in total. The summed E-state index contributed by atoms with van der Waals surface area (Å²) in [5.74, 6) is 4.42. The topological polar surface area (TPSA) is 55.4 Å². The molecule has 0 aromatic heterocycles. The third-order valence-electron chi connectivity index (χ3n) is 7.45. The van der Waals surface area contributed by atoms with Crippen molar-refractivity contribution in [2.75, 3.05) is 42.7 Å². The quantitative estimate of drug-likeness (QED) is 0.193. The van der Waals surface area contributed by atoms with Crippen molar-refractivity contribution in [3.8, 4) is 34.5 Å². The normalized spacial score (nSPS) is 13.5. The van der Waals surface area contributed by atoms with Gasteiger partial charge in [0.15, 0.2) is 0 Å². The number of hydrogen-bond acceptors (Lipinski definition) is 6. The molecule has 1 atom stereocenters. The van der Waals surface area contributed by atoms with Crippen LogP contribution in [0, 0.1) is 0 Å². The number of rotatable bonds is 10. The van der Waals surface area contributed by atoms with Crippen LogP contribution in [0.4, 0.5) is 0 Å². The van der Waals surface area contributed by atoms with Gasteiger partial charge in [-0.3, -0.25) is 0 Å². The predicted octanol–water partition coefficient (Wildman–Crippen LogP) is 8.06. The monoisotopic (exact) mass is 568 g/mol. The van der Waals surface area contributed by atoms with Crippen molar-refractivity contribution in [3.05, 3.63) is 107 Å². The van der Waals surface area contributed by atoms with E-state index in [-0.39, 0.29) is 5.92 Å². The van der Waals surface area contributed by atoms with Gasteiger partial charge in [-0.05, 0) is 82.3 Å². The van der Waals surface area contributed by atoms with Gasteiger partial charge in [0.2, 0.25) is 0 Å². The lowest BCUT2D eigenvalue weighted by atomic mass is 9.84. The molecule has 0 bridgehead atoms. The van der Waals surface area contributed by atoms with E-state index in [2.05, 4.69) is 42.5 Å². The van der Waals surface area contributed by atoms with Crippen LogP contribution in [-0.2, 0) is 6.42 Å². The fourth-order valence-electron chi connectivity index (χ4n) is 5.48. The van der Waals surface area contributed by atoms with Gasteiger partial charge in [0.05, 0.1) is 42.7 Å². The maximum absolute atomic E-state index is 6.01. The van der Waals surface area contributed by atoms with Crippen molar-refractivity contribution in [1.29, 1.82) is 0 Å². The lowest BCUT2D eigenvalue weighted by Gasteiger charge is -2.22. The second-order valence-corrected chi connectivity index (χ2v) is 9.52. The summed E-state index contributed by atoms with van der Waals surface area (Å²) < 4.78 is 34.0. The van der Waals surface area contributed by atoms with Gasteiger partial charge < -0.3 is 28.4 Å². The van der Waals surface area contributed by atoms with Gasteiger partial charge in [-0.2, -0.15) is 0 Å². The number of allylic oxidation sites excluding steroid dienone is 2. The van der Waals surface area contributed by atoms with E-state index in [1.807, 2.05) is 50.2 Å². The summed E-state index contributed by atoms with van der Waals surface area (Å²) >= 11 is 0. The molecule has 5 rings (SSSR count). The summed E-state index contributed by atoms with van der Waals surface area (Å²) in [6, 6.07) is 26.5. The molecule has 0 amide bonds. The summed E-state index contributed by atoms with van der Waals surface area (Å²) in [5, 5.41) is 0. The van der Waals surface area contributed by atoms with Crippen LogP contribution in [-0.4, -0.2) is 42.7 Å². The highest BCUT2D eigenvalue weighted by Gasteiger charge is 2.37. The minimum atomic E-state index is -0.151. The van der Waals surface area contributed by atoms with E-state index >= 15 is 0 Å².